The van der Waals surface area contributed by atoms with E-state index in [2.05, 4.69) is 4.98 Å². The Hall–Kier alpha value is -0.450. The Morgan fingerprint density at radius 1 is 1.55 bits per heavy atom. The molecule has 1 aromatic rings. The van der Waals surface area contributed by atoms with Gasteiger partial charge in [0, 0.05) is 4.88 Å². The summed E-state index contributed by atoms with van der Waals surface area (Å²) in [6, 6.07) is 0. The number of aryl methyl sites for hydroxylation is 2. The van der Waals surface area contributed by atoms with Gasteiger partial charge < -0.3 is 10.2 Å². The third-order valence-electron chi connectivity index (χ3n) is 1.40. The monoisotopic (exact) mass is 173 g/mol. The van der Waals surface area contributed by atoms with Crippen LogP contribution in [0.2, 0.25) is 0 Å². The van der Waals surface area contributed by atoms with Crippen molar-refractivity contribution in [2.24, 2.45) is 0 Å². The molecule has 0 amide bonds. The number of thiazole rings is 1. The highest BCUT2D eigenvalue weighted by atomic mass is 32.1. The molecule has 3 nitrogen and oxygen atoms in total. The molecule has 0 fully saturated rings. The van der Waals surface area contributed by atoms with Gasteiger partial charge in [0.1, 0.15) is 5.69 Å². The number of aliphatic hydroxyl groups excluding tert-OH is 1. The summed E-state index contributed by atoms with van der Waals surface area (Å²) in [6.07, 6.45) is -0.617. The molecule has 1 aromatic heterocycles. The van der Waals surface area contributed by atoms with Crippen molar-refractivity contribution < 1.29 is 10.2 Å². The van der Waals surface area contributed by atoms with Crippen LogP contribution < -0.4 is 0 Å². The Labute approximate surface area is 69.3 Å². The van der Waals surface area contributed by atoms with E-state index in [4.69, 9.17) is 10.2 Å². The second-order valence-corrected chi connectivity index (χ2v) is 3.56. The van der Waals surface area contributed by atoms with E-state index in [1.165, 1.54) is 11.3 Å². The predicted octanol–water partition coefficient (Wildman–Crippen LogP) is 0.997. The van der Waals surface area contributed by atoms with Crippen LogP contribution in [0.4, 0.5) is 0 Å². The average Bonchev–Trinajstić information content (AvgIpc) is 2.30. The maximum atomic E-state index is 8.85. The molecule has 1 rings (SSSR count). The van der Waals surface area contributed by atoms with Crippen LogP contribution in [0.15, 0.2) is 0 Å². The van der Waals surface area contributed by atoms with Crippen LogP contribution >= 0.6 is 11.3 Å². The lowest BCUT2D eigenvalue weighted by Crippen LogP contribution is -1.98. The van der Waals surface area contributed by atoms with Gasteiger partial charge >= 0.3 is 0 Å². The number of hydrogen-bond acceptors (Lipinski definition) is 4. The van der Waals surface area contributed by atoms with E-state index in [0.717, 1.165) is 16.3 Å². The number of nitrogens with zero attached hydrogens (tertiary/aromatic N) is 1. The van der Waals surface area contributed by atoms with Gasteiger partial charge in [-0.25, -0.2) is 4.98 Å². The normalized spacial score (nSPS) is 11.0. The zero-order valence-electron chi connectivity index (χ0n) is 6.53. The second-order valence-electron chi connectivity index (χ2n) is 2.27. The van der Waals surface area contributed by atoms with Crippen LogP contribution in [0.3, 0.4) is 0 Å². The SMILES string of the molecule is CCc1sc(C)nc1C(O)O. The molecule has 0 aromatic carbocycles. The van der Waals surface area contributed by atoms with Gasteiger partial charge in [-0.2, -0.15) is 0 Å². The standard InChI is InChI=1S/C7H11NO2S/c1-3-5-6(7(9)10)8-4(2)11-5/h7,9-10H,3H2,1-2H3. The van der Waals surface area contributed by atoms with E-state index in [1.54, 1.807) is 0 Å². The van der Waals surface area contributed by atoms with Crippen molar-refractivity contribution in [2.45, 2.75) is 26.6 Å². The molecule has 0 unspecified atom stereocenters. The highest BCUT2D eigenvalue weighted by Gasteiger charge is 2.12. The highest BCUT2D eigenvalue weighted by molar-refractivity contribution is 7.11. The minimum atomic E-state index is -1.42. The third-order valence-corrected chi connectivity index (χ3v) is 2.53. The van der Waals surface area contributed by atoms with Crippen molar-refractivity contribution in [3.05, 3.63) is 15.6 Å². The summed E-state index contributed by atoms with van der Waals surface area (Å²) in [5.41, 5.74) is 0.412. The fourth-order valence-corrected chi connectivity index (χ4v) is 1.84. The van der Waals surface area contributed by atoms with Crippen molar-refractivity contribution >= 4 is 11.3 Å². The molecule has 0 aliphatic heterocycles. The molecule has 0 atom stereocenters. The fourth-order valence-electron chi connectivity index (χ4n) is 0.940. The van der Waals surface area contributed by atoms with Crippen molar-refractivity contribution in [3.8, 4) is 0 Å². The molecular formula is C7H11NO2S. The first-order chi connectivity index (χ1) is 5.15. The van der Waals surface area contributed by atoms with Crippen LogP contribution in [0, 0.1) is 6.92 Å². The summed E-state index contributed by atoms with van der Waals surface area (Å²) in [5, 5.41) is 18.6. The molecule has 11 heavy (non-hydrogen) atoms. The lowest BCUT2D eigenvalue weighted by Gasteiger charge is -1.99. The van der Waals surface area contributed by atoms with E-state index < -0.39 is 6.29 Å². The van der Waals surface area contributed by atoms with Crippen molar-refractivity contribution in [3.63, 3.8) is 0 Å². The van der Waals surface area contributed by atoms with Gasteiger partial charge in [-0.1, -0.05) is 6.92 Å². The fraction of sp³-hybridized carbons (Fsp3) is 0.571. The Kier molecular flexibility index (Phi) is 2.59. The van der Waals surface area contributed by atoms with Crippen LogP contribution in [-0.4, -0.2) is 15.2 Å². The van der Waals surface area contributed by atoms with Gasteiger partial charge in [-0.3, -0.25) is 0 Å². The first-order valence-corrected chi connectivity index (χ1v) is 4.29. The van der Waals surface area contributed by atoms with E-state index in [1.807, 2.05) is 13.8 Å². The Bertz CT molecular complexity index is 245. The average molecular weight is 173 g/mol. The summed E-state index contributed by atoms with van der Waals surface area (Å²) >= 11 is 1.51. The largest absolute Gasteiger partial charge is 0.363 e. The van der Waals surface area contributed by atoms with E-state index in [0.29, 0.717) is 5.69 Å². The molecule has 1 heterocycles. The maximum absolute atomic E-state index is 8.85. The topological polar surface area (TPSA) is 53.4 Å². The molecule has 0 aliphatic carbocycles. The molecular weight excluding hydrogens is 162 g/mol. The van der Waals surface area contributed by atoms with Gasteiger partial charge in [0.2, 0.25) is 0 Å². The van der Waals surface area contributed by atoms with Crippen LogP contribution in [0.5, 0.6) is 0 Å². The number of rotatable bonds is 2. The van der Waals surface area contributed by atoms with Crippen LogP contribution in [0.25, 0.3) is 0 Å². The molecule has 0 spiro atoms. The lowest BCUT2D eigenvalue weighted by atomic mass is 10.3. The molecule has 0 saturated carbocycles. The number of hydrogen-bond donors (Lipinski definition) is 2. The molecule has 0 radical (unpaired) electrons. The van der Waals surface area contributed by atoms with E-state index in [-0.39, 0.29) is 0 Å². The molecule has 4 heteroatoms. The zero-order chi connectivity index (χ0) is 8.43. The van der Waals surface area contributed by atoms with Gasteiger partial charge in [0.25, 0.3) is 0 Å². The third kappa shape index (κ3) is 1.77. The highest BCUT2D eigenvalue weighted by Crippen LogP contribution is 2.22. The summed E-state index contributed by atoms with van der Waals surface area (Å²) in [7, 11) is 0. The Morgan fingerprint density at radius 2 is 2.18 bits per heavy atom. The van der Waals surface area contributed by atoms with Crippen molar-refractivity contribution in [1.82, 2.24) is 4.98 Å². The maximum Gasteiger partial charge on any atom is 0.197 e. The predicted molar refractivity (Wildman–Crippen MR) is 43.4 cm³/mol. The Morgan fingerprint density at radius 3 is 2.55 bits per heavy atom. The van der Waals surface area contributed by atoms with Gasteiger partial charge in [0.05, 0.1) is 5.01 Å². The quantitative estimate of drug-likeness (QED) is 0.656. The smallest absolute Gasteiger partial charge is 0.197 e. The molecule has 0 saturated heterocycles. The van der Waals surface area contributed by atoms with Crippen molar-refractivity contribution in [1.29, 1.82) is 0 Å². The van der Waals surface area contributed by atoms with Gasteiger partial charge in [-0.05, 0) is 13.3 Å². The minimum absolute atomic E-state index is 0.412. The molecule has 62 valence electrons. The zero-order valence-corrected chi connectivity index (χ0v) is 7.35. The summed E-state index contributed by atoms with van der Waals surface area (Å²) in [5.74, 6) is 0. The van der Waals surface area contributed by atoms with E-state index >= 15 is 0 Å². The first-order valence-electron chi connectivity index (χ1n) is 3.47. The summed E-state index contributed by atoms with van der Waals surface area (Å²) < 4.78 is 0. The number of aliphatic hydroxyl groups is 2. The summed E-state index contributed by atoms with van der Waals surface area (Å²) in [4.78, 5) is 4.96. The summed E-state index contributed by atoms with van der Waals surface area (Å²) in [6.45, 7) is 3.83. The molecule has 0 aliphatic rings. The Balaban J connectivity index is 3.02. The van der Waals surface area contributed by atoms with Gasteiger partial charge in [0.15, 0.2) is 6.29 Å². The van der Waals surface area contributed by atoms with E-state index in [9.17, 15) is 0 Å². The number of aromatic nitrogens is 1. The van der Waals surface area contributed by atoms with Crippen LogP contribution in [0.1, 0.15) is 28.8 Å². The van der Waals surface area contributed by atoms with Crippen LogP contribution in [-0.2, 0) is 6.42 Å². The molecule has 2 N–H and O–H groups in total. The minimum Gasteiger partial charge on any atom is -0.363 e. The first kappa shape index (κ1) is 8.64. The van der Waals surface area contributed by atoms with Gasteiger partial charge in [-0.15, -0.1) is 11.3 Å². The lowest BCUT2D eigenvalue weighted by molar-refractivity contribution is -0.0460. The molecule has 0 bridgehead atoms. The second kappa shape index (κ2) is 3.30. The van der Waals surface area contributed by atoms with Crippen molar-refractivity contribution in [2.75, 3.05) is 0 Å².